The van der Waals surface area contributed by atoms with Gasteiger partial charge in [-0.1, -0.05) is 153 Å². The van der Waals surface area contributed by atoms with E-state index in [-0.39, 0.29) is 0 Å². The Labute approximate surface area is 568 Å². The lowest BCUT2D eigenvalue weighted by Crippen LogP contribution is -2.56. The van der Waals surface area contributed by atoms with Crippen molar-refractivity contribution in [1.29, 1.82) is 0 Å². The van der Waals surface area contributed by atoms with E-state index in [1.807, 2.05) is 0 Å². The van der Waals surface area contributed by atoms with Gasteiger partial charge in [-0.25, -0.2) is 0 Å². The average Bonchev–Trinajstić information content (AvgIpc) is 0.692. The molecule has 34 heteroatoms. The highest BCUT2D eigenvalue weighted by Crippen LogP contribution is 2.37. The van der Waals surface area contributed by atoms with Crippen LogP contribution < -0.4 is 186 Å². The van der Waals surface area contributed by atoms with Gasteiger partial charge >= 0.3 is 0 Å². The molecule has 12 aromatic rings. The maximum atomic E-state index is 2.48. The first-order valence-corrected chi connectivity index (χ1v) is 33.8. The second-order valence-electron chi connectivity index (χ2n) is 29.5. The van der Waals surface area contributed by atoms with Crippen LogP contribution in [0.15, 0.2) is 0 Å². The predicted molar refractivity (Wildman–Crippen MR) is 519 cm³/mol. The summed E-state index contributed by atoms with van der Waals surface area (Å²) < 4.78 is 0. The van der Waals surface area contributed by atoms with E-state index in [9.17, 15) is 0 Å². The first kappa shape index (κ1) is 65.0. The molecule has 0 saturated heterocycles. The molecule has 90 heavy (non-hydrogen) atoms. The van der Waals surface area contributed by atoms with E-state index in [4.69, 9.17) is 0 Å². The van der Waals surface area contributed by atoms with E-state index in [2.05, 4.69) is 267 Å². The largest absolute Gasteiger partial charge is 0.140 e. The molecule has 0 nitrogen and oxygen atoms in total. The minimum Gasteiger partial charge on any atom is -0.102 e. The zero-order valence-electron chi connectivity index (χ0n) is 62.0. The van der Waals surface area contributed by atoms with Gasteiger partial charge in [0.25, 0.3) is 0 Å². The third-order valence-corrected chi connectivity index (χ3v) is 26.4. The van der Waals surface area contributed by atoms with Crippen LogP contribution in [0.5, 0.6) is 0 Å². The Morgan fingerprint density at radius 2 is 0.167 bits per heavy atom. The molecular formula is C56H68B34. The van der Waals surface area contributed by atoms with E-state index in [1.165, 1.54) is 306 Å². The van der Waals surface area contributed by atoms with Crippen molar-refractivity contribution in [2.75, 3.05) is 0 Å². The first-order chi connectivity index (χ1) is 42.0. The minimum absolute atomic E-state index is 1.38. The van der Waals surface area contributed by atoms with E-state index >= 15 is 0 Å². The molecule has 0 amide bonds. The standard InChI is InChI=1S/C56H68B34/c57-23-16(8-5-1-2-6(26(60)32(66)11(1)33(67)28(8)62)10(30(64)34(68)12(2)31(65)25(5)59)18-47(81)54(88)56(90)55(89)48(18)82)45(79)52(86)49(83)19(23)21-39(73)41(75)22(42(76)40(21)74)20-24(58)17(46(80)53(87)50(20)84)9-7-3-4-14(36(70)27(7)61)43(77)51(85)44(78)15(4)38(72)37(71)13(3)35(69)29(9)63/h57-90H2. The van der Waals surface area contributed by atoms with Crippen molar-refractivity contribution in [1.82, 2.24) is 0 Å². The second kappa shape index (κ2) is 21.7. The second-order valence-corrected chi connectivity index (χ2v) is 29.5. The summed E-state index contributed by atoms with van der Waals surface area (Å²) in [6.07, 6.45) is 0. The summed E-state index contributed by atoms with van der Waals surface area (Å²) in [5, 5.41) is 17.4. The molecule has 0 aliphatic heterocycles. The fourth-order valence-electron chi connectivity index (χ4n) is 19.2. The first-order valence-electron chi connectivity index (χ1n) is 33.8. The summed E-state index contributed by atoms with van der Waals surface area (Å²) in [7, 11) is 82.0. The van der Waals surface area contributed by atoms with Gasteiger partial charge in [0.05, 0.1) is 0 Å². The number of hydrogen-bond donors (Lipinski definition) is 0. The molecule has 394 valence electrons. The normalized spacial score (nSPS) is 12.0. The molecule has 0 atom stereocenters. The van der Waals surface area contributed by atoms with Gasteiger partial charge in [-0.2, -0.15) is 0 Å². The Morgan fingerprint density at radius 3 is 0.400 bits per heavy atom. The minimum atomic E-state index is 1.38. The van der Waals surface area contributed by atoms with E-state index in [0.717, 1.165) is 0 Å². The molecule has 0 aliphatic rings. The number of rotatable bonds is 5. The number of benzene rings is 12. The van der Waals surface area contributed by atoms with E-state index < -0.39 is 0 Å². The van der Waals surface area contributed by atoms with Gasteiger partial charge < -0.3 is 0 Å². The fourth-order valence-corrected chi connectivity index (χ4v) is 19.2. The summed E-state index contributed by atoms with van der Waals surface area (Å²) >= 11 is 0. The van der Waals surface area contributed by atoms with E-state index in [0.29, 0.717) is 0 Å². The van der Waals surface area contributed by atoms with Crippen molar-refractivity contribution in [3.05, 3.63) is 0 Å². The zero-order valence-corrected chi connectivity index (χ0v) is 62.0. The van der Waals surface area contributed by atoms with Crippen LogP contribution in [0, 0.1) is 0 Å². The lowest BCUT2D eigenvalue weighted by molar-refractivity contribution is 1.80. The van der Waals surface area contributed by atoms with E-state index in [1.54, 1.807) is 0 Å². The van der Waals surface area contributed by atoms with Crippen molar-refractivity contribution in [2.45, 2.75) is 0 Å². The highest BCUT2D eigenvalue weighted by atomic mass is 14.3. The van der Waals surface area contributed by atoms with Crippen LogP contribution in [-0.2, 0) is 0 Å². The molecule has 0 bridgehead atoms. The third-order valence-electron chi connectivity index (χ3n) is 26.4. The van der Waals surface area contributed by atoms with Gasteiger partial charge in [0.1, 0.15) is 267 Å². The highest BCUT2D eigenvalue weighted by Gasteiger charge is 2.33. The summed E-state index contributed by atoms with van der Waals surface area (Å²) in [4.78, 5) is 0. The van der Waals surface area contributed by atoms with Crippen molar-refractivity contribution in [2.24, 2.45) is 0 Å². The van der Waals surface area contributed by atoms with Gasteiger partial charge in [-0.15, -0.1) is 32.8 Å². The van der Waals surface area contributed by atoms with Crippen LogP contribution in [-0.4, -0.2) is 267 Å². The summed E-state index contributed by atoms with van der Waals surface area (Å²) in [6.45, 7) is 0. The van der Waals surface area contributed by atoms with Gasteiger partial charge in [-0.3, -0.25) is 0 Å². The van der Waals surface area contributed by atoms with Gasteiger partial charge in [0.15, 0.2) is 0 Å². The maximum Gasteiger partial charge on any atom is 0.140 e. The topological polar surface area (TPSA) is 0 Å². The van der Waals surface area contributed by atoms with Crippen molar-refractivity contribution in [3.63, 3.8) is 0 Å². The Bertz CT molecular complexity index is 5370. The van der Waals surface area contributed by atoms with Crippen molar-refractivity contribution < 1.29 is 0 Å². The molecular weight excluding hydrogens is 1040 g/mol. The SMILES string of the molecule is Bc1c(B)c(B)c(-c2c(B)c(B)c3c(B)c(B)c4c(-c5c(B)c(B)c(B)c(-c6c(B)c(B)c(-c7c(B)c(B)c(B)c(-c8c(B)c(B)c9c(B)c(B)c%10c(B)c(B)c(B)c%11c(B)c(B)c8c9c%10%11)c7B)c(B)c6B)c5B)c(B)c(B)c5c(B)c(B)c2c3c54)c(B)c1B. The van der Waals surface area contributed by atoms with Gasteiger partial charge in [0, 0.05) is 0 Å². The molecule has 0 spiro atoms. The van der Waals surface area contributed by atoms with Crippen LogP contribution in [0.25, 0.3) is 120 Å². The Kier molecular flexibility index (Phi) is 15.7. The smallest absolute Gasteiger partial charge is 0.102 e. The van der Waals surface area contributed by atoms with Crippen molar-refractivity contribution in [3.8, 4) is 55.6 Å². The lowest BCUT2D eigenvalue weighted by Gasteiger charge is -2.33. The Balaban J connectivity index is 1.16. The predicted octanol–water partition coefficient (Wildman–Crippen LogP) is -43.4. The molecule has 0 saturated carbocycles. The molecule has 0 aliphatic carbocycles. The molecule has 0 N–H and O–H groups in total. The van der Waals surface area contributed by atoms with Crippen LogP contribution in [0.3, 0.4) is 0 Å². The number of hydrogen-bond acceptors (Lipinski definition) is 0. The molecule has 0 fully saturated rings. The Morgan fingerprint density at radius 1 is 0.0667 bits per heavy atom. The molecule has 12 aromatic carbocycles. The highest BCUT2D eigenvalue weighted by molar-refractivity contribution is 6.80. The average molecular weight is 1110 g/mol. The molecule has 0 heterocycles. The maximum absolute atomic E-state index is 2.48. The zero-order chi connectivity index (χ0) is 66.3. The third kappa shape index (κ3) is 8.05. The molecule has 0 unspecified atom stereocenters. The molecule has 0 radical (unpaired) electrons. The molecule has 0 aromatic heterocycles. The van der Waals surface area contributed by atoms with Crippen LogP contribution in [0.4, 0.5) is 0 Å². The molecule has 12 rings (SSSR count). The Hall–Kier alpha value is -5.07. The summed E-state index contributed by atoms with van der Waals surface area (Å²) in [5.41, 5.74) is 61.9. The lowest BCUT2D eigenvalue weighted by atomic mass is 9.54. The van der Waals surface area contributed by atoms with Crippen LogP contribution in [0.2, 0.25) is 0 Å². The van der Waals surface area contributed by atoms with Crippen LogP contribution in [0.1, 0.15) is 0 Å². The quantitative estimate of drug-likeness (QED) is 0.119. The van der Waals surface area contributed by atoms with Crippen molar-refractivity contribution >= 4 is 517 Å². The summed E-state index contributed by atoms with van der Waals surface area (Å²) in [5.74, 6) is 0. The van der Waals surface area contributed by atoms with Crippen LogP contribution >= 0.6 is 0 Å². The fraction of sp³-hybridized carbons (Fsp3) is 0. The summed E-state index contributed by atoms with van der Waals surface area (Å²) in [6, 6.07) is 0. The monoisotopic (exact) mass is 1110 g/mol. The van der Waals surface area contributed by atoms with Gasteiger partial charge in [-0.05, 0) is 120 Å². The van der Waals surface area contributed by atoms with Gasteiger partial charge in [0.2, 0.25) is 0 Å².